The summed E-state index contributed by atoms with van der Waals surface area (Å²) in [5.74, 6) is -0.0704. The second-order valence-corrected chi connectivity index (χ2v) is 5.03. The molecule has 0 bridgehead atoms. The van der Waals surface area contributed by atoms with Crippen LogP contribution in [0.5, 0.6) is 0 Å². The largest absolute Gasteiger partial charge is 0.323 e. The topological polar surface area (TPSA) is 46.9 Å². The van der Waals surface area contributed by atoms with Crippen molar-refractivity contribution in [2.24, 2.45) is 7.05 Å². The number of amides is 1. The van der Waals surface area contributed by atoms with Gasteiger partial charge in [0.15, 0.2) is 0 Å². The number of rotatable bonds is 4. The van der Waals surface area contributed by atoms with Gasteiger partial charge >= 0.3 is 0 Å². The zero-order valence-electron chi connectivity index (χ0n) is 10.4. The maximum Gasteiger partial charge on any atom is 0.224 e. The number of nitrogens with one attached hydrogen (secondary N) is 1. The number of carbonyl (C=O) groups excluding carboxylic acids is 1. The van der Waals surface area contributed by atoms with Crippen LogP contribution in [0.25, 0.3) is 0 Å². The van der Waals surface area contributed by atoms with E-state index in [0.29, 0.717) is 28.6 Å². The van der Waals surface area contributed by atoms with Crippen LogP contribution in [0.2, 0.25) is 10.0 Å². The Hall–Kier alpha value is -1.52. The van der Waals surface area contributed by atoms with Crippen LogP contribution in [0, 0.1) is 0 Å². The minimum Gasteiger partial charge on any atom is -0.323 e. The Morgan fingerprint density at radius 2 is 2.21 bits per heavy atom. The molecule has 0 aliphatic heterocycles. The van der Waals surface area contributed by atoms with Gasteiger partial charge in [-0.3, -0.25) is 9.48 Å². The van der Waals surface area contributed by atoms with Crippen LogP contribution >= 0.6 is 23.2 Å². The molecule has 1 aromatic heterocycles. The van der Waals surface area contributed by atoms with Crippen LogP contribution in [0.15, 0.2) is 30.6 Å². The average Bonchev–Trinajstić information content (AvgIpc) is 2.73. The molecule has 2 rings (SSSR count). The molecule has 2 aromatic rings. The number of anilines is 1. The van der Waals surface area contributed by atoms with Crippen LogP contribution in [0.4, 0.5) is 5.69 Å². The smallest absolute Gasteiger partial charge is 0.224 e. The maximum atomic E-state index is 11.8. The van der Waals surface area contributed by atoms with E-state index in [2.05, 4.69) is 10.4 Å². The molecular formula is C13H13Cl2N3O. The predicted octanol–water partition coefficient (Wildman–Crippen LogP) is 3.30. The van der Waals surface area contributed by atoms with E-state index in [9.17, 15) is 4.79 Å². The van der Waals surface area contributed by atoms with Gasteiger partial charge in [-0.05, 0) is 24.1 Å². The molecule has 6 heteroatoms. The first-order chi connectivity index (χ1) is 9.04. The molecule has 0 spiro atoms. The summed E-state index contributed by atoms with van der Waals surface area (Å²) >= 11 is 11.9. The lowest BCUT2D eigenvalue weighted by Gasteiger charge is -2.05. The van der Waals surface area contributed by atoms with Gasteiger partial charge in [0.1, 0.15) is 0 Å². The number of benzene rings is 1. The van der Waals surface area contributed by atoms with Crippen LogP contribution in [0.1, 0.15) is 12.0 Å². The lowest BCUT2D eigenvalue weighted by molar-refractivity contribution is -0.116. The molecule has 0 atom stereocenters. The first-order valence-electron chi connectivity index (χ1n) is 5.77. The van der Waals surface area contributed by atoms with E-state index in [4.69, 9.17) is 23.2 Å². The summed E-state index contributed by atoms with van der Waals surface area (Å²) in [6.07, 6.45) is 4.28. The zero-order valence-corrected chi connectivity index (χ0v) is 11.9. The molecular weight excluding hydrogens is 285 g/mol. The zero-order chi connectivity index (χ0) is 13.8. The van der Waals surface area contributed by atoms with Crippen molar-refractivity contribution >= 4 is 34.8 Å². The minimum atomic E-state index is -0.0704. The molecule has 100 valence electrons. The summed E-state index contributed by atoms with van der Waals surface area (Å²) < 4.78 is 1.63. The molecule has 1 heterocycles. The Bertz CT molecular complexity index is 595. The highest BCUT2D eigenvalue weighted by molar-refractivity contribution is 6.35. The Kier molecular flexibility index (Phi) is 4.45. The number of aromatic nitrogens is 2. The van der Waals surface area contributed by atoms with Crippen LogP contribution < -0.4 is 5.32 Å². The summed E-state index contributed by atoms with van der Waals surface area (Å²) in [6, 6.07) is 5.28. The van der Waals surface area contributed by atoms with E-state index >= 15 is 0 Å². The van der Waals surface area contributed by atoms with Gasteiger partial charge in [0.05, 0.1) is 11.9 Å². The van der Waals surface area contributed by atoms with Gasteiger partial charge < -0.3 is 5.32 Å². The van der Waals surface area contributed by atoms with Crippen molar-refractivity contribution in [3.05, 3.63) is 46.2 Å². The third-order valence-corrected chi connectivity index (χ3v) is 3.21. The highest BCUT2D eigenvalue weighted by atomic mass is 35.5. The Morgan fingerprint density at radius 1 is 1.42 bits per heavy atom. The van der Waals surface area contributed by atoms with Crippen molar-refractivity contribution in [3.63, 3.8) is 0 Å². The first-order valence-corrected chi connectivity index (χ1v) is 6.52. The number of nitrogens with zero attached hydrogens (tertiary/aromatic N) is 2. The lowest BCUT2D eigenvalue weighted by atomic mass is 10.1. The highest BCUT2D eigenvalue weighted by Crippen LogP contribution is 2.22. The van der Waals surface area contributed by atoms with E-state index in [0.717, 1.165) is 5.56 Å². The molecule has 0 fully saturated rings. The fourth-order valence-electron chi connectivity index (χ4n) is 1.68. The molecule has 0 unspecified atom stereocenters. The summed E-state index contributed by atoms with van der Waals surface area (Å²) in [5.41, 5.74) is 1.60. The molecule has 0 aliphatic carbocycles. The number of hydrogen-bond donors (Lipinski definition) is 1. The standard InChI is InChI=1S/C13H13Cl2N3O/c1-18-8-11(7-16-18)17-13(19)5-3-9-2-4-10(14)6-12(9)15/h2,4,6-8H,3,5H2,1H3,(H,17,19). The summed E-state index contributed by atoms with van der Waals surface area (Å²) in [5, 5.41) is 7.93. The molecule has 0 radical (unpaired) electrons. The minimum absolute atomic E-state index is 0.0704. The van der Waals surface area contributed by atoms with Crippen molar-refractivity contribution in [1.29, 1.82) is 0 Å². The molecule has 1 aromatic carbocycles. The Labute approximate surface area is 121 Å². The van der Waals surface area contributed by atoms with Crippen molar-refractivity contribution in [1.82, 2.24) is 9.78 Å². The normalized spacial score (nSPS) is 10.5. The fraction of sp³-hybridized carbons (Fsp3) is 0.231. The molecule has 0 saturated carbocycles. The van der Waals surface area contributed by atoms with Gasteiger partial charge in [-0.2, -0.15) is 5.10 Å². The second-order valence-electron chi connectivity index (χ2n) is 4.19. The highest BCUT2D eigenvalue weighted by Gasteiger charge is 2.07. The van der Waals surface area contributed by atoms with E-state index in [1.54, 1.807) is 36.3 Å². The van der Waals surface area contributed by atoms with Crippen molar-refractivity contribution < 1.29 is 4.79 Å². The summed E-state index contributed by atoms with van der Waals surface area (Å²) in [4.78, 5) is 11.8. The van der Waals surface area contributed by atoms with Crippen molar-refractivity contribution in [2.45, 2.75) is 12.8 Å². The van der Waals surface area contributed by atoms with E-state index in [1.165, 1.54) is 0 Å². The van der Waals surface area contributed by atoms with Crippen LogP contribution in [0.3, 0.4) is 0 Å². The van der Waals surface area contributed by atoms with Crippen LogP contribution in [-0.4, -0.2) is 15.7 Å². The van der Waals surface area contributed by atoms with Gasteiger partial charge in [-0.25, -0.2) is 0 Å². The monoisotopic (exact) mass is 297 g/mol. The Balaban J connectivity index is 1.89. The van der Waals surface area contributed by atoms with Crippen LogP contribution in [-0.2, 0) is 18.3 Å². The molecule has 19 heavy (non-hydrogen) atoms. The second kappa shape index (κ2) is 6.08. The number of carbonyl (C=O) groups is 1. The molecule has 1 N–H and O–H groups in total. The molecule has 4 nitrogen and oxygen atoms in total. The molecule has 1 amide bonds. The van der Waals surface area contributed by atoms with Crippen molar-refractivity contribution in [3.8, 4) is 0 Å². The van der Waals surface area contributed by atoms with Gasteiger partial charge in [-0.15, -0.1) is 0 Å². The third kappa shape index (κ3) is 3.98. The van der Waals surface area contributed by atoms with Crippen molar-refractivity contribution in [2.75, 3.05) is 5.32 Å². The van der Waals surface area contributed by atoms with E-state index in [1.807, 2.05) is 6.07 Å². The van der Waals surface area contributed by atoms with Gasteiger partial charge in [-0.1, -0.05) is 29.3 Å². The summed E-state index contributed by atoms with van der Waals surface area (Å²) in [6.45, 7) is 0. The fourth-order valence-corrected chi connectivity index (χ4v) is 2.18. The SMILES string of the molecule is Cn1cc(NC(=O)CCc2ccc(Cl)cc2Cl)cn1. The lowest BCUT2D eigenvalue weighted by Crippen LogP contribution is -2.11. The molecule has 0 aliphatic rings. The average molecular weight is 298 g/mol. The number of halogens is 2. The predicted molar refractivity (Wildman–Crippen MR) is 76.6 cm³/mol. The molecule has 0 saturated heterocycles. The van der Waals surface area contributed by atoms with Gasteiger partial charge in [0.25, 0.3) is 0 Å². The number of aryl methyl sites for hydroxylation is 2. The third-order valence-electron chi connectivity index (χ3n) is 2.63. The van der Waals surface area contributed by atoms with Gasteiger partial charge in [0, 0.05) is 29.7 Å². The Morgan fingerprint density at radius 3 is 2.84 bits per heavy atom. The first kappa shape index (κ1) is 13.9. The summed E-state index contributed by atoms with van der Waals surface area (Å²) in [7, 11) is 1.79. The van der Waals surface area contributed by atoms with E-state index < -0.39 is 0 Å². The maximum absolute atomic E-state index is 11.8. The quantitative estimate of drug-likeness (QED) is 0.941. The van der Waals surface area contributed by atoms with Gasteiger partial charge in [0.2, 0.25) is 5.91 Å². The van der Waals surface area contributed by atoms with E-state index in [-0.39, 0.29) is 5.91 Å². The number of hydrogen-bond acceptors (Lipinski definition) is 2.